The molecule has 0 fully saturated rings. The largest absolute Gasteiger partial charge is 0.487 e. The van der Waals surface area contributed by atoms with Gasteiger partial charge in [0.15, 0.2) is 0 Å². The summed E-state index contributed by atoms with van der Waals surface area (Å²) in [4.78, 5) is 22.8. The number of benzene rings is 1. The molecule has 0 amide bonds. The first kappa shape index (κ1) is 19.0. The maximum absolute atomic E-state index is 11.8. The third kappa shape index (κ3) is 5.14. The number of fused-ring (bicyclic) bond motifs is 1. The monoisotopic (exact) mass is 389 g/mol. The number of aromatic nitrogens is 3. The van der Waals surface area contributed by atoms with Gasteiger partial charge < -0.3 is 13.9 Å². The third-order valence-corrected chi connectivity index (χ3v) is 4.55. The highest BCUT2D eigenvalue weighted by molar-refractivity contribution is 7.36. The van der Waals surface area contributed by atoms with E-state index in [1.807, 2.05) is 10.6 Å². The lowest BCUT2D eigenvalue weighted by Gasteiger charge is -2.08. The van der Waals surface area contributed by atoms with Crippen molar-refractivity contribution < 1.29 is 18.7 Å². The summed E-state index contributed by atoms with van der Waals surface area (Å²) >= 11 is 0. The molecular formula is C18H20N3O5P. The van der Waals surface area contributed by atoms with Crippen molar-refractivity contribution in [2.24, 2.45) is 0 Å². The summed E-state index contributed by atoms with van der Waals surface area (Å²) in [6.45, 7) is 5.82. The third-order valence-electron chi connectivity index (χ3n) is 3.55. The lowest BCUT2D eigenvalue weighted by Crippen LogP contribution is -2.05. The Morgan fingerprint density at radius 2 is 2.11 bits per heavy atom. The van der Waals surface area contributed by atoms with Crippen molar-refractivity contribution in [1.82, 2.24) is 14.8 Å². The summed E-state index contributed by atoms with van der Waals surface area (Å²) < 4.78 is 17.8. The highest BCUT2D eigenvalue weighted by Crippen LogP contribution is 2.24. The molecule has 0 spiro atoms. The smallest absolute Gasteiger partial charge is 0.336 e. The van der Waals surface area contributed by atoms with E-state index in [9.17, 15) is 9.59 Å². The van der Waals surface area contributed by atoms with Crippen LogP contribution in [0, 0.1) is 0 Å². The SMILES string of the molecule is CC(=O)OCc1cc(=O)oc2cc(OCc3cn(PC(C)C)nn3)ccc12. The topological polar surface area (TPSA) is 96.5 Å². The Labute approximate surface area is 157 Å². The van der Waals surface area contributed by atoms with Crippen molar-refractivity contribution in [1.29, 1.82) is 0 Å². The van der Waals surface area contributed by atoms with Crippen molar-refractivity contribution in [3.8, 4) is 5.75 Å². The minimum absolute atomic E-state index is 0.0113. The van der Waals surface area contributed by atoms with Crippen molar-refractivity contribution >= 4 is 25.7 Å². The molecule has 9 heteroatoms. The first-order valence-corrected chi connectivity index (χ1v) is 9.44. The minimum Gasteiger partial charge on any atom is -0.487 e. The van der Waals surface area contributed by atoms with E-state index < -0.39 is 11.6 Å². The lowest BCUT2D eigenvalue weighted by molar-refractivity contribution is -0.142. The molecule has 2 heterocycles. The summed E-state index contributed by atoms with van der Waals surface area (Å²) in [5, 5.41) is 8.85. The summed E-state index contributed by atoms with van der Waals surface area (Å²) in [5.74, 6) is 0.124. The standard InChI is InChI=1S/C18H20N3O5P/c1-11(2)27-21-8-14(19-20-21)10-25-15-4-5-16-13(9-24-12(3)22)6-18(23)26-17(16)7-15/h4-8,11,27H,9-10H2,1-3H3. The van der Waals surface area contributed by atoms with Crippen LogP contribution in [0.15, 0.2) is 39.7 Å². The molecule has 3 aromatic rings. The van der Waals surface area contributed by atoms with Crippen LogP contribution in [0.5, 0.6) is 5.75 Å². The molecule has 0 saturated heterocycles. The van der Waals surface area contributed by atoms with Crippen LogP contribution in [-0.4, -0.2) is 26.4 Å². The van der Waals surface area contributed by atoms with Gasteiger partial charge in [0.25, 0.3) is 0 Å². The maximum Gasteiger partial charge on any atom is 0.336 e. The fourth-order valence-electron chi connectivity index (χ4n) is 2.45. The predicted molar refractivity (Wildman–Crippen MR) is 101 cm³/mol. The molecular weight excluding hydrogens is 369 g/mol. The molecule has 1 aromatic carbocycles. The van der Waals surface area contributed by atoms with E-state index in [1.54, 1.807) is 18.2 Å². The second kappa shape index (κ2) is 8.31. The normalized spacial score (nSPS) is 11.6. The van der Waals surface area contributed by atoms with E-state index in [0.717, 1.165) is 0 Å². The first-order valence-electron chi connectivity index (χ1n) is 8.41. The van der Waals surface area contributed by atoms with E-state index in [0.29, 0.717) is 42.4 Å². The molecule has 1 unspecified atom stereocenters. The summed E-state index contributed by atoms with van der Waals surface area (Å²) in [6.07, 6.45) is 1.86. The summed E-state index contributed by atoms with van der Waals surface area (Å²) in [6, 6.07) is 6.48. The molecule has 0 aliphatic heterocycles. The average molecular weight is 389 g/mol. The molecule has 27 heavy (non-hydrogen) atoms. The van der Waals surface area contributed by atoms with Gasteiger partial charge in [-0.2, -0.15) is 0 Å². The average Bonchev–Trinajstić information content (AvgIpc) is 3.04. The molecule has 3 rings (SSSR count). The number of esters is 1. The number of rotatable bonds is 7. The molecule has 0 aliphatic rings. The molecule has 0 bridgehead atoms. The van der Waals surface area contributed by atoms with E-state index in [-0.39, 0.29) is 13.2 Å². The van der Waals surface area contributed by atoms with Crippen LogP contribution in [0.25, 0.3) is 11.0 Å². The second-order valence-corrected chi connectivity index (χ2v) is 8.13. The number of hydrogen-bond acceptors (Lipinski definition) is 7. The Morgan fingerprint density at radius 1 is 1.30 bits per heavy atom. The molecule has 142 valence electrons. The van der Waals surface area contributed by atoms with Crippen molar-refractivity contribution in [3.63, 3.8) is 0 Å². The van der Waals surface area contributed by atoms with Gasteiger partial charge in [0.05, 0.1) is 6.20 Å². The minimum atomic E-state index is -0.514. The zero-order valence-electron chi connectivity index (χ0n) is 15.3. The van der Waals surface area contributed by atoms with Crippen LogP contribution in [0.3, 0.4) is 0 Å². The Kier molecular flexibility index (Phi) is 5.86. The fourth-order valence-corrected chi connectivity index (χ4v) is 3.30. The zero-order chi connectivity index (χ0) is 19.4. The van der Waals surface area contributed by atoms with E-state index in [4.69, 9.17) is 13.9 Å². The maximum atomic E-state index is 11.8. The Morgan fingerprint density at radius 3 is 2.85 bits per heavy atom. The van der Waals surface area contributed by atoms with Gasteiger partial charge in [-0.05, 0) is 17.8 Å². The van der Waals surface area contributed by atoms with Gasteiger partial charge in [-0.1, -0.05) is 19.1 Å². The molecule has 0 saturated carbocycles. The van der Waals surface area contributed by atoms with E-state index >= 15 is 0 Å². The molecule has 2 aromatic heterocycles. The van der Waals surface area contributed by atoms with Gasteiger partial charge in [0.1, 0.15) is 30.2 Å². The van der Waals surface area contributed by atoms with E-state index in [1.165, 1.54) is 13.0 Å². The van der Waals surface area contributed by atoms with Gasteiger partial charge in [-0.3, -0.25) is 4.79 Å². The van der Waals surface area contributed by atoms with Crippen molar-refractivity contribution in [3.05, 3.63) is 52.1 Å². The number of carbonyl (C=O) groups excluding carboxylic acids is 1. The Hall–Kier alpha value is -2.73. The van der Waals surface area contributed by atoms with E-state index in [2.05, 4.69) is 24.2 Å². The van der Waals surface area contributed by atoms with Gasteiger partial charge >= 0.3 is 11.6 Å². The summed E-state index contributed by atoms with van der Waals surface area (Å²) in [5.41, 5.74) is 1.66. The van der Waals surface area contributed by atoms with Crippen LogP contribution in [0.4, 0.5) is 0 Å². The lowest BCUT2D eigenvalue weighted by atomic mass is 10.1. The fraction of sp³-hybridized carbons (Fsp3) is 0.333. The van der Waals surface area contributed by atoms with Gasteiger partial charge in [-0.25, -0.2) is 9.25 Å². The molecule has 1 atom stereocenters. The van der Waals surface area contributed by atoms with Crippen molar-refractivity contribution in [2.75, 3.05) is 0 Å². The number of hydrogen-bond donors (Lipinski definition) is 0. The first-order chi connectivity index (χ1) is 12.9. The van der Waals surface area contributed by atoms with Crippen molar-refractivity contribution in [2.45, 2.75) is 39.6 Å². The van der Waals surface area contributed by atoms with Crippen LogP contribution in [-0.2, 0) is 22.7 Å². The van der Waals surface area contributed by atoms with Gasteiger partial charge in [-0.15, -0.1) is 5.10 Å². The highest BCUT2D eigenvalue weighted by Gasteiger charge is 2.10. The van der Waals surface area contributed by atoms with Crippen LogP contribution >= 0.6 is 8.73 Å². The zero-order valence-corrected chi connectivity index (χ0v) is 16.3. The van der Waals surface area contributed by atoms with Crippen LogP contribution in [0.1, 0.15) is 32.0 Å². The number of ether oxygens (including phenoxy) is 2. The Balaban J connectivity index is 1.75. The number of carbonyl (C=O) groups is 1. The Bertz CT molecular complexity index is 1010. The number of nitrogens with zero attached hydrogens (tertiary/aromatic N) is 3. The molecule has 0 N–H and O–H groups in total. The van der Waals surface area contributed by atoms with Crippen LogP contribution in [0.2, 0.25) is 0 Å². The van der Waals surface area contributed by atoms with Crippen LogP contribution < -0.4 is 10.4 Å². The summed E-state index contributed by atoms with van der Waals surface area (Å²) in [7, 11) is 0.536. The molecule has 8 nitrogen and oxygen atoms in total. The van der Waals surface area contributed by atoms with Gasteiger partial charge in [0.2, 0.25) is 0 Å². The quantitative estimate of drug-likeness (QED) is 0.348. The highest BCUT2D eigenvalue weighted by atomic mass is 31.1. The van der Waals surface area contributed by atoms with Gasteiger partial charge in [0, 0.05) is 38.7 Å². The molecule has 0 radical (unpaired) electrons. The predicted octanol–water partition coefficient (Wildman–Crippen LogP) is 2.88. The molecule has 0 aliphatic carbocycles. The second-order valence-electron chi connectivity index (χ2n) is 6.26.